The third-order valence-electron chi connectivity index (χ3n) is 3.72. The minimum atomic E-state index is 0.195. The predicted molar refractivity (Wildman–Crippen MR) is 88.5 cm³/mol. The van der Waals surface area contributed by atoms with Crippen molar-refractivity contribution < 1.29 is 4.79 Å². The Hall–Kier alpha value is -2.09. The maximum absolute atomic E-state index is 12.1. The first kappa shape index (κ1) is 15.3. The highest BCUT2D eigenvalue weighted by molar-refractivity contribution is 5.92. The predicted octanol–water partition coefficient (Wildman–Crippen LogP) is 4.45. The van der Waals surface area contributed by atoms with Crippen molar-refractivity contribution in [2.75, 3.05) is 11.9 Å². The van der Waals surface area contributed by atoms with Gasteiger partial charge in [-0.15, -0.1) is 0 Å². The van der Waals surface area contributed by atoms with Crippen molar-refractivity contribution in [2.24, 2.45) is 0 Å². The van der Waals surface area contributed by atoms with Crippen LogP contribution in [0.1, 0.15) is 31.2 Å². The lowest BCUT2D eigenvalue weighted by Crippen LogP contribution is -2.25. The molecule has 2 aromatic rings. The highest BCUT2D eigenvalue weighted by Gasteiger charge is 2.09. The van der Waals surface area contributed by atoms with E-state index in [1.165, 1.54) is 5.56 Å². The summed E-state index contributed by atoms with van der Waals surface area (Å²) >= 11 is 0. The fourth-order valence-electron chi connectivity index (χ4n) is 2.39. The van der Waals surface area contributed by atoms with E-state index >= 15 is 0 Å². The zero-order valence-electron chi connectivity index (χ0n) is 12.7. The summed E-state index contributed by atoms with van der Waals surface area (Å²) < 4.78 is 0. The van der Waals surface area contributed by atoms with Crippen molar-refractivity contribution in [3.05, 3.63) is 66.2 Å². The van der Waals surface area contributed by atoms with Crippen LogP contribution in [-0.4, -0.2) is 13.0 Å². The summed E-state index contributed by atoms with van der Waals surface area (Å²) in [7, 11) is 1.85. The van der Waals surface area contributed by atoms with Gasteiger partial charge in [-0.1, -0.05) is 55.0 Å². The molecule has 0 N–H and O–H groups in total. The molecule has 2 heteroatoms. The highest BCUT2D eigenvalue weighted by Crippen LogP contribution is 2.14. The van der Waals surface area contributed by atoms with Crippen LogP contribution in [0.2, 0.25) is 0 Å². The second-order valence-corrected chi connectivity index (χ2v) is 5.33. The zero-order chi connectivity index (χ0) is 14.9. The molecule has 21 heavy (non-hydrogen) atoms. The van der Waals surface area contributed by atoms with Gasteiger partial charge in [-0.25, -0.2) is 0 Å². The fraction of sp³-hybridized carbons (Fsp3) is 0.316. The second-order valence-electron chi connectivity index (χ2n) is 5.33. The normalized spacial score (nSPS) is 10.3. The summed E-state index contributed by atoms with van der Waals surface area (Å²) in [6.07, 6.45) is 4.93. The van der Waals surface area contributed by atoms with Gasteiger partial charge in [-0.3, -0.25) is 4.79 Å². The van der Waals surface area contributed by atoms with Gasteiger partial charge in [0.25, 0.3) is 0 Å². The van der Waals surface area contributed by atoms with E-state index in [4.69, 9.17) is 0 Å². The lowest BCUT2D eigenvalue weighted by atomic mass is 10.1. The third-order valence-corrected chi connectivity index (χ3v) is 3.72. The monoisotopic (exact) mass is 281 g/mol. The number of rotatable bonds is 7. The number of hydrogen-bond donors (Lipinski definition) is 0. The van der Waals surface area contributed by atoms with Crippen LogP contribution in [0.3, 0.4) is 0 Å². The maximum atomic E-state index is 12.1. The van der Waals surface area contributed by atoms with E-state index in [0.717, 1.165) is 31.4 Å². The van der Waals surface area contributed by atoms with Gasteiger partial charge in [0, 0.05) is 19.2 Å². The van der Waals surface area contributed by atoms with Gasteiger partial charge in [0.05, 0.1) is 0 Å². The lowest BCUT2D eigenvalue weighted by Gasteiger charge is -2.17. The molecule has 1 amide bonds. The van der Waals surface area contributed by atoms with Crippen LogP contribution in [0.5, 0.6) is 0 Å². The van der Waals surface area contributed by atoms with Crippen LogP contribution >= 0.6 is 0 Å². The molecule has 0 fully saturated rings. The summed E-state index contributed by atoms with van der Waals surface area (Å²) in [5, 5.41) is 0. The Balaban J connectivity index is 1.65. The molecule has 2 rings (SSSR count). The first-order chi connectivity index (χ1) is 10.3. The van der Waals surface area contributed by atoms with E-state index in [9.17, 15) is 4.79 Å². The van der Waals surface area contributed by atoms with Crippen LogP contribution in [-0.2, 0) is 11.2 Å². The summed E-state index contributed by atoms with van der Waals surface area (Å²) in [5.41, 5.74) is 2.34. The molecule has 2 aromatic carbocycles. The molecule has 0 bridgehead atoms. The van der Waals surface area contributed by atoms with Crippen molar-refractivity contribution in [1.29, 1.82) is 0 Å². The Morgan fingerprint density at radius 1 is 0.857 bits per heavy atom. The molecular formula is C19H23NO. The van der Waals surface area contributed by atoms with Gasteiger partial charge in [0.2, 0.25) is 5.91 Å². The molecule has 0 heterocycles. The Morgan fingerprint density at radius 3 is 2.14 bits per heavy atom. The number of nitrogens with zero attached hydrogens (tertiary/aromatic N) is 1. The Bertz CT molecular complexity index is 536. The van der Waals surface area contributed by atoms with Gasteiger partial charge >= 0.3 is 0 Å². The van der Waals surface area contributed by atoms with E-state index in [0.29, 0.717) is 6.42 Å². The molecule has 0 aromatic heterocycles. The summed E-state index contributed by atoms with van der Waals surface area (Å²) in [6, 6.07) is 20.3. The van der Waals surface area contributed by atoms with Crippen LogP contribution in [0.15, 0.2) is 60.7 Å². The summed E-state index contributed by atoms with van der Waals surface area (Å²) in [6.45, 7) is 0. The van der Waals surface area contributed by atoms with Crippen molar-refractivity contribution in [2.45, 2.75) is 32.1 Å². The zero-order valence-corrected chi connectivity index (χ0v) is 12.7. The lowest BCUT2D eigenvalue weighted by molar-refractivity contribution is -0.118. The molecule has 0 atom stereocenters. The molecule has 0 saturated heterocycles. The molecule has 0 aliphatic rings. The molecule has 0 unspecified atom stereocenters. The van der Waals surface area contributed by atoms with Gasteiger partial charge in [-0.05, 0) is 37.0 Å². The number of carbonyl (C=O) groups is 1. The van der Waals surface area contributed by atoms with Crippen molar-refractivity contribution in [3.63, 3.8) is 0 Å². The number of benzene rings is 2. The van der Waals surface area contributed by atoms with Gasteiger partial charge < -0.3 is 4.90 Å². The number of carbonyl (C=O) groups excluding carboxylic acids is 1. The Morgan fingerprint density at radius 2 is 1.48 bits per heavy atom. The van der Waals surface area contributed by atoms with E-state index < -0.39 is 0 Å². The second kappa shape index (κ2) is 8.25. The average Bonchev–Trinajstić information content (AvgIpc) is 2.55. The quantitative estimate of drug-likeness (QED) is 0.686. The number of anilines is 1. The van der Waals surface area contributed by atoms with Crippen molar-refractivity contribution in [3.8, 4) is 0 Å². The fourth-order valence-corrected chi connectivity index (χ4v) is 2.39. The van der Waals surface area contributed by atoms with Gasteiger partial charge in [-0.2, -0.15) is 0 Å². The summed E-state index contributed by atoms with van der Waals surface area (Å²) in [4.78, 5) is 13.8. The van der Waals surface area contributed by atoms with Gasteiger partial charge in [0.1, 0.15) is 0 Å². The van der Waals surface area contributed by atoms with E-state index in [2.05, 4.69) is 24.3 Å². The highest BCUT2D eigenvalue weighted by atomic mass is 16.2. The van der Waals surface area contributed by atoms with Crippen molar-refractivity contribution in [1.82, 2.24) is 0 Å². The summed E-state index contributed by atoms with van der Waals surface area (Å²) in [5.74, 6) is 0.195. The standard InChI is InChI=1S/C19H23NO/c1-20(18-14-8-4-9-15-18)19(21)16-10-3-7-13-17-11-5-2-6-12-17/h2,4-6,8-9,11-12,14-15H,3,7,10,13,16H2,1H3. The first-order valence-electron chi connectivity index (χ1n) is 7.63. The van der Waals surface area contributed by atoms with E-state index in [-0.39, 0.29) is 5.91 Å². The van der Waals surface area contributed by atoms with Crippen LogP contribution in [0.25, 0.3) is 0 Å². The molecule has 0 spiro atoms. The molecule has 0 aliphatic carbocycles. The van der Waals surface area contributed by atoms with E-state index in [1.807, 2.05) is 43.4 Å². The minimum absolute atomic E-state index is 0.195. The third kappa shape index (κ3) is 5.07. The van der Waals surface area contributed by atoms with Crippen LogP contribution in [0.4, 0.5) is 5.69 Å². The number of aryl methyl sites for hydroxylation is 1. The molecule has 0 aliphatic heterocycles. The van der Waals surface area contributed by atoms with Crippen LogP contribution in [0, 0.1) is 0 Å². The van der Waals surface area contributed by atoms with Crippen molar-refractivity contribution >= 4 is 11.6 Å². The number of hydrogen-bond acceptors (Lipinski definition) is 1. The smallest absolute Gasteiger partial charge is 0.226 e. The number of unbranched alkanes of at least 4 members (excludes halogenated alkanes) is 2. The maximum Gasteiger partial charge on any atom is 0.226 e. The Labute approximate surface area is 127 Å². The van der Waals surface area contributed by atoms with Crippen LogP contribution < -0.4 is 4.90 Å². The Kier molecular flexibility index (Phi) is 6.01. The molecular weight excluding hydrogens is 258 g/mol. The number of amides is 1. The number of para-hydroxylation sites is 1. The van der Waals surface area contributed by atoms with Gasteiger partial charge in [0.15, 0.2) is 0 Å². The topological polar surface area (TPSA) is 20.3 Å². The average molecular weight is 281 g/mol. The molecule has 2 nitrogen and oxygen atoms in total. The largest absolute Gasteiger partial charge is 0.316 e. The van der Waals surface area contributed by atoms with E-state index in [1.54, 1.807) is 4.90 Å². The molecule has 0 saturated carbocycles. The first-order valence-corrected chi connectivity index (χ1v) is 7.63. The minimum Gasteiger partial charge on any atom is -0.316 e. The molecule has 110 valence electrons. The SMILES string of the molecule is CN(C(=O)CCCCCc1ccccc1)c1ccccc1. The molecule has 0 radical (unpaired) electrons.